The fraction of sp³-hybridized carbons (Fsp3) is 0.333. The molecule has 0 radical (unpaired) electrons. The van der Waals surface area contributed by atoms with Crippen molar-refractivity contribution < 1.29 is 22.3 Å². The average Bonchev–Trinajstić information content (AvgIpc) is 2.58. The summed E-state index contributed by atoms with van der Waals surface area (Å²) < 4.78 is 55.2. The van der Waals surface area contributed by atoms with Gasteiger partial charge in [0.1, 0.15) is 11.6 Å². The van der Waals surface area contributed by atoms with Crippen LogP contribution >= 0.6 is 0 Å². The minimum atomic E-state index is -4.73. The number of hydrogen-bond donors (Lipinski definition) is 1. The molecule has 3 rings (SSSR count). The molecule has 0 aromatic heterocycles. The Bertz CT molecular complexity index is 697. The van der Waals surface area contributed by atoms with E-state index in [0.29, 0.717) is 5.56 Å². The topological polar surface area (TPSA) is 24.5 Å². The smallest absolute Gasteiger partial charge is 0.406 e. The van der Waals surface area contributed by atoms with Crippen molar-refractivity contribution in [3.05, 3.63) is 65.5 Å². The highest BCUT2D eigenvalue weighted by Gasteiger charge is 2.31. The third-order valence-electron chi connectivity index (χ3n) is 4.15. The van der Waals surface area contributed by atoms with Crippen molar-refractivity contribution in [2.45, 2.75) is 12.4 Å². The van der Waals surface area contributed by atoms with E-state index in [9.17, 15) is 17.6 Å². The average molecular weight is 354 g/mol. The molecular formula is C18H18F4N2O. The molecule has 0 amide bonds. The molecule has 0 saturated carbocycles. The van der Waals surface area contributed by atoms with E-state index in [1.807, 2.05) is 0 Å². The molecule has 2 aromatic rings. The van der Waals surface area contributed by atoms with Crippen LogP contribution in [0.4, 0.5) is 17.6 Å². The third-order valence-corrected chi connectivity index (χ3v) is 4.15. The second-order valence-corrected chi connectivity index (χ2v) is 5.83. The Labute approximate surface area is 143 Å². The molecule has 134 valence electrons. The van der Waals surface area contributed by atoms with Gasteiger partial charge in [0.05, 0.1) is 6.04 Å². The second kappa shape index (κ2) is 7.41. The number of nitrogens with zero attached hydrogens (tertiary/aromatic N) is 1. The Balaban J connectivity index is 1.93. The molecule has 1 aliphatic rings. The van der Waals surface area contributed by atoms with E-state index in [1.54, 1.807) is 30.3 Å². The largest absolute Gasteiger partial charge is 0.573 e. The zero-order valence-electron chi connectivity index (χ0n) is 13.4. The minimum Gasteiger partial charge on any atom is -0.406 e. The molecule has 2 aromatic carbocycles. The van der Waals surface area contributed by atoms with Crippen molar-refractivity contribution >= 4 is 0 Å². The van der Waals surface area contributed by atoms with Gasteiger partial charge >= 0.3 is 6.36 Å². The van der Waals surface area contributed by atoms with Gasteiger partial charge in [-0.3, -0.25) is 4.90 Å². The Hall–Kier alpha value is -2.12. The van der Waals surface area contributed by atoms with Gasteiger partial charge in [-0.05, 0) is 23.8 Å². The van der Waals surface area contributed by atoms with Gasteiger partial charge in [-0.25, -0.2) is 4.39 Å². The van der Waals surface area contributed by atoms with E-state index in [0.717, 1.165) is 31.7 Å². The Kier molecular flexibility index (Phi) is 5.24. The molecule has 1 fully saturated rings. The summed E-state index contributed by atoms with van der Waals surface area (Å²) in [7, 11) is 0. The summed E-state index contributed by atoms with van der Waals surface area (Å²) in [5, 5.41) is 3.24. The molecule has 0 aliphatic carbocycles. The van der Waals surface area contributed by atoms with Gasteiger partial charge in [0, 0.05) is 31.7 Å². The third kappa shape index (κ3) is 4.49. The van der Waals surface area contributed by atoms with E-state index in [2.05, 4.69) is 15.0 Å². The van der Waals surface area contributed by atoms with Crippen LogP contribution in [0.2, 0.25) is 0 Å². The lowest BCUT2D eigenvalue weighted by atomic mass is 9.96. The number of rotatable bonds is 4. The van der Waals surface area contributed by atoms with Crippen LogP contribution in [0.25, 0.3) is 0 Å². The van der Waals surface area contributed by atoms with Crippen LogP contribution in [0.1, 0.15) is 17.2 Å². The van der Waals surface area contributed by atoms with Crippen LogP contribution < -0.4 is 10.1 Å². The maximum absolute atomic E-state index is 14.4. The van der Waals surface area contributed by atoms with Crippen LogP contribution in [0.15, 0.2) is 48.5 Å². The lowest BCUT2D eigenvalue weighted by Crippen LogP contribution is -2.45. The number of ether oxygens (including phenoxy) is 1. The first-order valence-electron chi connectivity index (χ1n) is 7.99. The minimum absolute atomic E-state index is 0.288. The molecule has 1 atom stereocenters. The number of benzene rings is 2. The first kappa shape index (κ1) is 17.7. The zero-order chi connectivity index (χ0) is 17.9. The van der Waals surface area contributed by atoms with E-state index < -0.39 is 6.36 Å². The summed E-state index contributed by atoms with van der Waals surface area (Å²) in [5.41, 5.74) is 1.23. The van der Waals surface area contributed by atoms with E-state index in [1.165, 1.54) is 18.2 Å². The predicted molar refractivity (Wildman–Crippen MR) is 85.8 cm³/mol. The zero-order valence-corrected chi connectivity index (χ0v) is 13.4. The summed E-state index contributed by atoms with van der Waals surface area (Å²) in [5.74, 6) is -0.620. The summed E-state index contributed by atoms with van der Waals surface area (Å²) in [4.78, 5) is 2.12. The lowest BCUT2D eigenvalue weighted by molar-refractivity contribution is -0.274. The van der Waals surface area contributed by atoms with Crippen molar-refractivity contribution in [1.29, 1.82) is 0 Å². The number of hydrogen-bond acceptors (Lipinski definition) is 3. The lowest BCUT2D eigenvalue weighted by Gasteiger charge is -2.35. The Morgan fingerprint density at radius 1 is 0.960 bits per heavy atom. The van der Waals surface area contributed by atoms with E-state index >= 15 is 0 Å². The highest BCUT2D eigenvalue weighted by Crippen LogP contribution is 2.32. The molecule has 1 heterocycles. The van der Waals surface area contributed by atoms with Crippen molar-refractivity contribution in [2.75, 3.05) is 26.2 Å². The van der Waals surface area contributed by atoms with Crippen molar-refractivity contribution in [3.8, 4) is 5.75 Å². The maximum Gasteiger partial charge on any atom is 0.573 e. The summed E-state index contributed by atoms with van der Waals surface area (Å²) in [6.07, 6.45) is -4.73. The van der Waals surface area contributed by atoms with Gasteiger partial charge in [0.2, 0.25) is 0 Å². The van der Waals surface area contributed by atoms with Gasteiger partial charge in [-0.2, -0.15) is 0 Å². The molecule has 1 saturated heterocycles. The van der Waals surface area contributed by atoms with E-state index in [-0.39, 0.29) is 17.6 Å². The monoisotopic (exact) mass is 354 g/mol. The van der Waals surface area contributed by atoms with Gasteiger partial charge < -0.3 is 10.1 Å². The molecule has 25 heavy (non-hydrogen) atoms. The van der Waals surface area contributed by atoms with Crippen LogP contribution in [0.3, 0.4) is 0 Å². The molecule has 0 unspecified atom stereocenters. The Morgan fingerprint density at radius 3 is 2.20 bits per heavy atom. The highest BCUT2D eigenvalue weighted by molar-refractivity contribution is 5.36. The standard InChI is InChI=1S/C18H18F4N2O/c19-16-4-2-1-3-15(16)17(24-11-9-23-10-12-24)13-5-7-14(8-6-13)25-18(20,21)22/h1-8,17,23H,9-12H2/t17-/m1/s1. The van der Waals surface area contributed by atoms with Crippen LogP contribution in [-0.2, 0) is 0 Å². The molecule has 7 heteroatoms. The molecular weight excluding hydrogens is 336 g/mol. The van der Waals surface area contributed by atoms with Gasteiger partial charge in [0.25, 0.3) is 0 Å². The quantitative estimate of drug-likeness (QED) is 0.847. The number of nitrogens with one attached hydrogen (secondary N) is 1. The van der Waals surface area contributed by atoms with Crippen LogP contribution in [-0.4, -0.2) is 37.4 Å². The SMILES string of the molecule is Fc1ccccc1[C@@H](c1ccc(OC(F)(F)F)cc1)N1CCNCC1. The molecule has 1 N–H and O–H groups in total. The first-order valence-corrected chi connectivity index (χ1v) is 7.99. The van der Waals surface area contributed by atoms with Crippen molar-refractivity contribution in [3.63, 3.8) is 0 Å². The second-order valence-electron chi connectivity index (χ2n) is 5.83. The van der Waals surface area contributed by atoms with Crippen molar-refractivity contribution in [2.24, 2.45) is 0 Å². The van der Waals surface area contributed by atoms with Crippen LogP contribution in [0, 0.1) is 5.82 Å². The van der Waals surface area contributed by atoms with Crippen molar-refractivity contribution in [1.82, 2.24) is 10.2 Å². The Morgan fingerprint density at radius 2 is 1.60 bits per heavy atom. The number of alkyl halides is 3. The summed E-state index contributed by atoms with van der Waals surface area (Å²) >= 11 is 0. The molecule has 0 bridgehead atoms. The van der Waals surface area contributed by atoms with Gasteiger partial charge in [-0.1, -0.05) is 30.3 Å². The van der Waals surface area contributed by atoms with Crippen LogP contribution in [0.5, 0.6) is 5.75 Å². The summed E-state index contributed by atoms with van der Waals surface area (Å²) in [6.45, 7) is 3.00. The fourth-order valence-electron chi connectivity index (χ4n) is 3.08. The predicted octanol–water partition coefficient (Wildman–Crippen LogP) is 3.72. The molecule has 3 nitrogen and oxygen atoms in total. The highest BCUT2D eigenvalue weighted by atomic mass is 19.4. The van der Waals surface area contributed by atoms with Gasteiger partial charge in [-0.15, -0.1) is 13.2 Å². The number of halogens is 4. The normalized spacial score (nSPS) is 17.3. The first-order chi connectivity index (χ1) is 11.9. The maximum atomic E-state index is 14.4. The number of piperazine rings is 1. The van der Waals surface area contributed by atoms with E-state index in [4.69, 9.17) is 0 Å². The fourth-order valence-corrected chi connectivity index (χ4v) is 3.08. The van der Waals surface area contributed by atoms with Gasteiger partial charge in [0.15, 0.2) is 0 Å². The summed E-state index contributed by atoms with van der Waals surface area (Å²) in [6, 6.07) is 11.8. The molecule has 0 spiro atoms. The molecule has 1 aliphatic heterocycles.